The van der Waals surface area contributed by atoms with Crippen molar-refractivity contribution < 1.29 is 32.6 Å². The fourth-order valence-electron chi connectivity index (χ4n) is 2.31. The Bertz CT molecular complexity index is 557. The lowest BCUT2D eigenvalue weighted by atomic mass is 9.96. The van der Waals surface area contributed by atoms with Crippen molar-refractivity contribution in [1.29, 1.82) is 0 Å². The van der Waals surface area contributed by atoms with Crippen molar-refractivity contribution in [3.05, 3.63) is 16.3 Å². The number of likely N-dealkylation sites (tertiary alicyclic amines) is 1. The summed E-state index contributed by atoms with van der Waals surface area (Å²) in [7, 11) is 1.35. The summed E-state index contributed by atoms with van der Waals surface area (Å²) >= 11 is 1.04. The molecule has 1 aromatic heterocycles. The van der Waals surface area contributed by atoms with Gasteiger partial charge in [0.15, 0.2) is 0 Å². The normalized spacial score (nSPS) is 22.4. The van der Waals surface area contributed by atoms with E-state index in [0.717, 1.165) is 16.2 Å². The first-order chi connectivity index (χ1) is 9.75. The van der Waals surface area contributed by atoms with Gasteiger partial charge in [-0.2, -0.15) is 13.2 Å². The van der Waals surface area contributed by atoms with Crippen LogP contribution in [-0.4, -0.2) is 48.3 Å². The van der Waals surface area contributed by atoms with E-state index in [0.29, 0.717) is 0 Å². The van der Waals surface area contributed by atoms with Crippen LogP contribution in [0, 0.1) is 11.8 Å². The van der Waals surface area contributed by atoms with E-state index in [-0.39, 0.29) is 10.6 Å². The summed E-state index contributed by atoms with van der Waals surface area (Å²) in [5.41, 5.74) is 0. The van der Waals surface area contributed by atoms with Gasteiger partial charge in [-0.1, -0.05) is 0 Å². The molecule has 0 unspecified atom stereocenters. The van der Waals surface area contributed by atoms with Crippen LogP contribution in [0.1, 0.15) is 9.67 Å². The maximum absolute atomic E-state index is 12.9. The van der Waals surface area contributed by atoms with E-state index in [4.69, 9.17) is 9.84 Å². The van der Waals surface area contributed by atoms with Gasteiger partial charge in [-0.05, 0) is 11.4 Å². The number of carbonyl (C=O) groups is 2. The molecule has 1 amide bonds. The smallest absolute Gasteiger partial charge is 0.394 e. The molecule has 0 aromatic carbocycles. The molecule has 1 saturated heterocycles. The Morgan fingerprint density at radius 1 is 1.43 bits per heavy atom. The minimum Gasteiger partial charge on any atom is -0.495 e. The Hall–Kier alpha value is -1.77. The highest BCUT2D eigenvalue weighted by molar-refractivity contribution is 7.12. The van der Waals surface area contributed by atoms with Crippen molar-refractivity contribution in [2.24, 2.45) is 11.8 Å². The van der Waals surface area contributed by atoms with E-state index < -0.39 is 43.0 Å². The zero-order valence-electron chi connectivity index (χ0n) is 10.9. The molecule has 0 saturated carbocycles. The molecular formula is C12H12F3NO4S. The zero-order chi connectivity index (χ0) is 15.8. The third-order valence-electron chi connectivity index (χ3n) is 3.39. The summed E-state index contributed by atoms with van der Waals surface area (Å²) in [6, 6.07) is 1.53. The first-order valence-electron chi connectivity index (χ1n) is 5.96. The van der Waals surface area contributed by atoms with E-state index in [9.17, 15) is 22.8 Å². The van der Waals surface area contributed by atoms with E-state index in [1.54, 1.807) is 5.38 Å². The number of alkyl halides is 3. The predicted octanol–water partition coefficient (Wildman–Crippen LogP) is 2.09. The molecular weight excluding hydrogens is 311 g/mol. The number of amides is 1. The minimum absolute atomic E-state index is 0.171. The van der Waals surface area contributed by atoms with Crippen LogP contribution < -0.4 is 4.74 Å². The van der Waals surface area contributed by atoms with Crippen LogP contribution in [0.25, 0.3) is 0 Å². The maximum Gasteiger partial charge on any atom is 0.394 e. The third-order valence-corrected chi connectivity index (χ3v) is 4.27. The SMILES string of the molecule is COc1ccsc1C(=O)N1C[C@@H](C(F)(F)F)[C@H](C(=O)O)C1. The van der Waals surface area contributed by atoms with Crippen LogP contribution in [0.3, 0.4) is 0 Å². The molecule has 2 heterocycles. The molecule has 116 valence electrons. The lowest BCUT2D eigenvalue weighted by Gasteiger charge is -2.18. The van der Waals surface area contributed by atoms with Gasteiger partial charge in [0, 0.05) is 13.1 Å². The third kappa shape index (κ3) is 2.97. The van der Waals surface area contributed by atoms with Gasteiger partial charge < -0.3 is 14.7 Å². The number of carbonyl (C=O) groups excluding carboxylic acids is 1. The van der Waals surface area contributed by atoms with Crippen molar-refractivity contribution in [1.82, 2.24) is 4.90 Å². The highest BCUT2D eigenvalue weighted by Gasteiger charge is 2.53. The Morgan fingerprint density at radius 2 is 2.10 bits per heavy atom. The number of carboxylic acid groups (broad SMARTS) is 1. The molecule has 1 aromatic rings. The van der Waals surface area contributed by atoms with Crippen molar-refractivity contribution in [2.75, 3.05) is 20.2 Å². The summed E-state index contributed by atoms with van der Waals surface area (Å²) in [5, 5.41) is 10.5. The second kappa shape index (κ2) is 5.55. The summed E-state index contributed by atoms with van der Waals surface area (Å²) < 4.78 is 43.6. The number of methoxy groups -OCH3 is 1. The molecule has 5 nitrogen and oxygen atoms in total. The number of hydrogen-bond acceptors (Lipinski definition) is 4. The minimum atomic E-state index is -4.66. The molecule has 0 bridgehead atoms. The average molecular weight is 323 g/mol. The van der Waals surface area contributed by atoms with Gasteiger partial charge in [-0.15, -0.1) is 11.3 Å². The monoisotopic (exact) mass is 323 g/mol. The number of hydrogen-bond donors (Lipinski definition) is 1. The van der Waals surface area contributed by atoms with E-state index in [2.05, 4.69) is 0 Å². The molecule has 0 radical (unpaired) electrons. The quantitative estimate of drug-likeness (QED) is 0.925. The maximum atomic E-state index is 12.9. The first-order valence-corrected chi connectivity index (χ1v) is 6.84. The number of ether oxygens (including phenoxy) is 1. The lowest BCUT2D eigenvalue weighted by Crippen LogP contribution is -2.34. The number of rotatable bonds is 3. The molecule has 0 aliphatic carbocycles. The lowest BCUT2D eigenvalue weighted by molar-refractivity contribution is -0.187. The summed E-state index contributed by atoms with van der Waals surface area (Å²) in [6.07, 6.45) is -4.66. The predicted molar refractivity (Wildman–Crippen MR) is 67.4 cm³/mol. The molecule has 1 N–H and O–H groups in total. The molecule has 9 heteroatoms. The number of nitrogens with zero attached hydrogens (tertiary/aromatic N) is 1. The van der Waals surface area contributed by atoms with Gasteiger partial charge in [0.2, 0.25) is 0 Å². The fourth-order valence-corrected chi connectivity index (χ4v) is 3.13. The van der Waals surface area contributed by atoms with Crippen molar-refractivity contribution >= 4 is 23.2 Å². The Kier molecular flexibility index (Phi) is 4.13. The van der Waals surface area contributed by atoms with Crippen LogP contribution in [-0.2, 0) is 4.79 Å². The van der Waals surface area contributed by atoms with E-state index in [1.165, 1.54) is 13.2 Å². The van der Waals surface area contributed by atoms with Crippen LogP contribution in [0.15, 0.2) is 11.4 Å². The van der Waals surface area contributed by atoms with Gasteiger partial charge in [0.25, 0.3) is 5.91 Å². The van der Waals surface area contributed by atoms with Crippen LogP contribution in [0.5, 0.6) is 5.75 Å². The van der Waals surface area contributed by atoms with Crippen molar-refractivity contribution in [3.63, 3.8) is 0 Å². The summed E-state index contributed by atoms with van der Waals surface area (Å²) in [5.74, 6) is -5.61. The van der Waals surface area contributed by atoms with Crippen molar-refractivity contribution in [2.45, 2.75) is 6.18 Å². The van der Waals surface area contributed by atoms with Gasteiger partial charge in [-0.25, -0.2) is 0 Å². The topological polar surface area (TPSA) is 66.8 Å². The molecule has 1 aliphatic heterocycles. The first kappa shape index (κ1) is 15.6. The van der Waals surface area contributed by atoms with E-state index in [1.807, 2.05) is 0 Å². The molecule has 2 rings (SSSR count). The second-order valence-electron chi connectivity index (χ2n) is 4.62. The van der Waals surface area contributed by atoms with Gasteiger partial charge in [0.1, 0.15) is 10.6 Å². The summed E-state index contributed by atoms with van der Waals surface area (Å²) in [6.45, 7) is -1.11. The van der Waals surface area contributed by atoms with Gasteiger partial charge >= 0.3 is 12.1 Å². The molecule has 1 aliphatic rings. The molecule has 2 atom stereocenters. The average Bonchev–Trinajstić information content (AvgIpc) is 3.03. The molecule has 1 fully saturated rings. The number of thiophene rings is 1. The second-order valence-corrected chi connectivity index (χ2v) is 5.54. The van der Waals surface area contributed by atoms with Crippen LogP contribution in [0.4, 0.5) is 13.2 Å². The molecule has 21 heavy (non-hydrogen) atoms. The largest absolute Gasteiger partial charge is 0.495 e. The fraction of sp³-hybridized carbons (Fsp3) is 0.500. The Balaban J connectivity index is 2.23. The number of halogens is 3. The zero-order valence-corrected chi connectivity index (χ0v) is 11.7. The highest BCUT2D eigenvalue weighted by atomic mass is 32.1. The van der Waals surface area contributed by atoms with Crippen molar-refractivity contribution in [3.8, 4) is 5.75 Å². The van der Waals surface area contributed by atoms with Gasteiger partial charge in [-0.3, -0.25) is 9.59 Å². The standard InChI is InChI=1S/C12H12F3NO4S/c1-20-8-2-3-21-9(8)10(17)16-4-6(11(18)19)7(5-16)12(13,14)15/h2-3,6-7H,4-5H2,1H3,(H,18,19)/t6-,7-/m1/s1. The van der Waals surface area contributed by atoms with Crippen LogP contribution >= 0.6 is 11.3 Å². The number of aliphatic carboxylic acids is 1. The summed E-state index contributed by atoms with van der Waals surface area (Å²) in [4.78, 5) is 24.3. The van der Waals surface area contributed by atoms with Gasteiger partial charge in [0.05, 0.1) is 18.9 Å². The number of carboxylic acids is 1. The Labute approximate surface area is 121 Å². The Morgan fingerprint density at radius 3 is 2.57 bits per heavy atom. The molecule has 0 spiro atoms. The highest BCUT2D eigenvalue weighted by Crippen LogP contribution is 2.39. The van der Waals surface area contributed by atoms with Crippen LogP contribution in [0.2, 0.25) is 0 Å². The van der Waals surface area contributed by atoms with E-state index >= 15 is 0 Å².